The summed E-state index contributed by atoms with van der Waals surface area (Å²) in [5.74, 6) is -0.224. The van der Waals surface area contributed by atoms with E-state index in [1.165, 1.54) is 0 Å². The van der Waals surface area contributed by atoms with E-state index in [-0.39, 0.29) is 23.7 Å². The van der Waals surface area contributed by atoms with Crippen molar-refractivity contribution in [1.82, 2.24) is 0 Å². The zero-order valence-corrected chi connectivity index (χ0v) is 9.96. The predicted octanol–water partition coefficient (Wildman–Crippen LogP) is 1.28. The summed E-state index contributed by atoms with van der Waals surface area (Å²) in [6.45, 7) is 1.57. The van der Waals surface area contributed by atoms with Crippen LogP contribution < -0.4 is 5.73 Å². The standard InChI is InChI=1S/C11H15NO3S/c1-2-16(14,15)7-6-11(13)9-4-3-5-10(12)8-9/h3-5,8H,2,6-7,12H2,1H3. The van der Waals surface area contributed by atoms with Crippen molar-refractivity contribution in [3.63, 3.8) is 0 Å². The number of rotatable bonds is 5. The Labute approximate surface area is 95.4 Å². The highest BCUT2D eigenvalue weighted by Crippen LogP contribution is 2.09. The highest BCUT2D eigenvalue weighted by atomic mass is 32.2. The number of Topliss-reactive ketones (excluding diaryl/α,β-unsaturated/α-hetero) is 1. The molecule has 0 heterocycles. The molecule has 2 N–H and O–H groups in total. The second-order valence-corrected chi connectivity index (χ2v) is 6.01. The largest absolute Gasteiger partial charge is 0.399 e. The average molecular weight is 241 g/mol. The number of nitrogen functional groups attached to an aromatic ring is 1. The van der Waals surface area contributed by atoms with Crippen molar-refractivity contribution in [2.75, 3.05) is 17.2 Å². The van der Waals surface area contributed by atoms with E-state index in [1.807, 2.05) is 0 Å². The van der Waals surface area contributed by atoms with Crippen LogP contribution in [0.15, 0.2) is 24.3 Å². The van der Waals surface area contributed by atoms with Crippen LogP contribution in [0.3, 0.4) is 0 Å². The summed E-state index contributed by atoms with van der Waals surface area (Å²) in [5, 5.41) is 0. The summed E-state index contributed by atoms with van der Waals surface area (Å²) >= 11 is 0. The second-order valence-electron chi connectivity index (χ2n) is 3.54. The van der Waals surface area contributed by atoms with Crippen molar-refractivity contribution in [3.05, 3.63) is 29.8 Å². The van der Waals surface area contributed by atoms with Crippen molar-refractivity contribution in [1.29, 1.82) is 0 Å². The summed E-state index contributed by atoms with van der Waals surface area (Å²) in [4.78, 5) is 11.6. The second kappa shape index (κ2) is 5.12. The van der Waals surface area contributed by atoms with E-state index < -0.39 is 9.84 Å². The fourth-order valence-corrected chi connectivity index (χ4v) is 2.03. The van der Waals surface area contributed by atoms with Gasteiger partial charge < -0.3 is 5.73 Å². The quantitative estimate of drug-likeness (QED) is 0.622. The lowest BCUT2D eigenvalue weighted by Gasteiger charge is -2.02. The van der Waals surface area contributed by atoms with Gasteiger partial charge >= 0.3 is 0 Å². The minimum atomic E-state index is -3.08. The van der Waals surface area contributed by atoms with Crippen molar-refractivity contribution in [3.8, 4) is 0 Å². The fraction of sp³-hybridized carbons (Fsp3) is 0.364. The van der Waals surface area contributed by atoms with Gasteiger partial charge in [0.05, 0.1) is 5.75 Å². The molecular formula is C11H15NO3S. The molecular weight excluding hydrogens is 226 g/mol. The Hall–Kier alpha value is -1.36. The number of carbonyl (C=O) groups excluding carboxylic acids is 1. The molecule has 1 rings (SSSR count). The minimum absolute atomic E-state index is 0.0135. The topological polar surface area (TPSA) is 77.2 Å². The molecule has 0 spiro atoms. The first-order valence-corrected chi connectivity index (χ1v) is 6.86. The maximum absolute atomic E-state index is 11.6. The van der Waals surface area contributed by atoms with Crippen molar-refractivity contribution >= 4 is 21.3 Å². The molecule has 1 aromatic rings. The van der Waals surface area contributed by atoms with Gasteiger partial charge in [-0.1, -0.05) is 19.1 Å². The molecule has 4 nitrogen and oxygen atoms in total. The van der Waals surface area contributed by atoms with Gasteiger partial charge in [-0.2, -0.15) is 0 Å². The molecule has 0 aliphatic heterocycles. The molecule has 16 heavy (non-hydrogen) atoms. The molecule has 0 atom stereocenters. The Kier molecular flexibility index (Phi) is 4.06. The lowest BCUT2D eigenvalue weighted by molar-refractivity contribution is 0.0989. The van der Waals surface area contributed by atoms with Gasteiger partial charge in [0.2, 0.25) is 0 Å². The molecule has 0 bridgehead atoms. The first kappa shape index (κ1) is 12.7. The molecule has 0 amide bonds. The van der Waals surface area contributed by atoms with Crippen LogP contribution in [0.4, 0.5) is 5.69 Å². The highest BCUT2D eigenvalue weighted by Gasteiger charge is 2.12. The van der Waals surface area contributed by atoms with Gasteiger partial charge in [-0.25, -0.2) is 8.42 Å². The van der Waals surface area contributed by atoms with Gasteiger partial charge in [-0.15, -0.1) is 0 Å². The average Bonchev–Trinajstić information content (AvgIpc) is 2.26. The molecule has 0 fully saturated rings. The van der Waals surface area contributed by atoms with Gasteiger partial charge in [0.1, 0.15) is 9.84 Å². The van der Waals surface area contributed by atoms with Crippen LogP contribution in [0.25, 0.3) is 0 Å². The molecule has 0 radical (unpaired) electrons. The SMILES string of the molecule is CCS(=O)(=O)CCC(=O)c1cccc(N)c1. The number of sulfone groups is 1. The van der Waals surface area contributed by atoms with Gasteiger partial charge in [0.15, 0.2) is 5.78 Å². The molecule has 0 saturated heterocycles. The van der Waals surface area contributed by atoms with E-state index >= 15 is 0 Å². The van der Waals surface area contributed by atoms with E-state index in [1.54, 1.807) is 31.2 Å². The van der Waals surface area contributed by atoms with Gasteiger partial charge in [0, 0.05) is 23.4 Å². The van der Waals surface area contributed by atoms with Crippen LogP contribution in [-0.2, 0) is 9.84 Å². The van der Waals surface area contributed by atoms with Crippen LogP contribution in [0.2, 0.25) is 0 Å². The monoisotopic (exact) mass is 241 g/mol. The lowest BCUT2D eigenvalue weighted by Crippen LogP contribution is -2.13. The van der Waals surface area contributed by atoms with Crippen molar-refractivity contribution in [2.45, 2.75) is 13.3 Å². The maximum Gasteiger partial charge on any atom is 0.163 e. The van der Waals surface area contributed by atoms with E-state index in [2.05, 4.69) is 0 Å². The Balaban J connectivity index is 2.67. The number of anilines is 1. The Morgan fingerprint density at radius 2 is 2.06 bits per heavy atom. The van der Waals surface area contributed by atoms with Crippen molar-refractivity contribution in [2.24, 2.45) is 0 Å². The molecule has 1 aromatic carbocycles. The molecule has 5 heteroatoms. The smallest absolute Gasteiger partial charge is 0.163 e. The van der Waals surface area contributed by atoms with Crippen LogP contribution >= 0.6 is 0 Å². The van der Waals surface area contributed by atoms with Crippen LogP contribution in [0.1, 0.15) is 23.7 Å². The molecule has 0 saturated carbocycles. The lowest BCUT2D eigenvalue weighted by atomic mass is 10.1. The third-order valence-corrected chi connectivity index (χ3v) is 3.99. The number of hydrogen-bond donors (Lipinski definition) is 1. The van der Waals surface area contributed by atoms with Gasteiger partial charge in [-0.05, 0) is 12.1 Å². The predicted molar refractivity (Wildman–Crippen MR) is 64.1 cm³/mol. The van der Waals surface area contributed by atoms with E-state index in [0.717, 1.165) is 0 Å². The van der Waals surface area contributed by atoms with Crippen molar-refractivity contribution < 1.29 is 13.2 Å². The molecule has 0 unspecified atom stereocenters. The molecule has 0 aliphatic carbocycles. The van der Waals surface area contributed by atoms with E-state index in [9.17, 15) is 13.2 Å². The Bertz CT molecular complexity index is 480. The zero-order valence-electron chi connectivity index (χ0n) is 9.14. The maximum atomic E-state index is 11.6. The number of benzene rings is 1. The summed E-state index contributed by atoms with van der Waals surface area (Å²) in [6, 6.07) is 6.55. The van der Waals surface area contributed by atoms with Crippen LogP contribution in [0.5, 0.6) is 0 Å². The van der Waals surface area contributed by atoms with Crippen LogP contribution in [0, 0.1) is 0 Å². The van der Waals surface area contributed by atoms with E-state index in [4.69, 9.17) is 5.73 Å². The molecule has 0 aromatic heterocycles. The molecule has 0 aliphatic rings. The number of ketones is 1. The third kappa shape index (κ3) is 3.66. The number of nitrogens with two attached hydrogens (primary N) is 1. The van der Waals surface area contributed by atoms with Gasteiger partial charge in [-0.3, -0.25) is 4.79 Å². The summed E-state index contributed by atoms with van der Waals surface area (Å²) < 4.78 is 22.5. The van der Waals surface area contributed by atoms with Crippen LogP contribution in [-0.4, -0.2) is 25.7 Å². The summed E-state index contributed by atoms with van der Waals surface area (Å²) in [6.07, 6.45) is 0.0135. The van der Waals surface area contributed by atoms with Gasteiger partial charge in [0.25, 0.3) is 0 Å². The number of hydrogen-bond acceptors (Lipinski definition) is 4. The van der Waals surface area contributed by atoms with E-state index in [0.29, 0.717) is 11.3 Å². The first-order valence-electron chi connectivity index (χ1n) is 5.04. The summed E-state index contributed by atoms with van der Waals surface area (Å²) in [7, 11) is -3.08. The Morgan fingerprint density at radius 1 is 1.38 bits per heavy atom. The summed E-state index contributed by atoms with van der Waals surface area (Å²) in [5.41, 5.74) is 6.50. The zero-order chi connectivity index (χ0) is 12.2. The highest BCUT2D eigenvalue weighted by molar-refractivity contribution is 7.91. The first-order chi connectivity index (χ1) is 7.44. The third-order valence-electron chi connectivity index (χ3n) is 2.29. The molecule has 88 valence electrons. The fourth-order valence-electron chi connectivity index (χ4n) is 1.25. The normalized spacial score (nSPS) is 11.3. The Morgan fingerprint density at radius 3 is 2.62 bits per heavy atom. The minimum Gasteiger partial charge on any atom is -0.399 e. The number of carbonyl (C=O) groups is 1.